The molecule has 0 spiro atoms. The number of aromatic nitrogens is 3. The lowest BCUT2D eigenvalue weighted by Crippen LogP contribution is -2.29. The topological polar surface area (TPSA) is 125 Å². The second-order valence-electron chi connectivity index (χ2n) is 9.94. The fourth-order valence-corrected chi connectivity index (χ4v) is 4.18. The Balaban J connectivity index is 0.000000892. The Morgan fingerprint density at radius 3 is 2.48 bits per heavy atom. The lowest BCUT2D eigenvalue weighted by molar-refractivity contribution is 0.413. The van der Waals surface area contributed by atoms with Crippen molar-refractivity contribution < 1.29 is 17.7 Å². The quantitative estimate of drug-likeness (QED) is 0.162. The molecule has 0 bridgehead atoms. The molecule has 4 aromatic rings. The van der Waals surface area contributed by atoms with Gasteiger partial charge in [-0.15, -0.1) is 0 Å². The molecule has 0 aliphatic heterocycles. The van der Waals surface area contributed by atoms with Crippen LogP contribution in [0.15, 0.2) is 79.8 Å². The van der Waals surface area contributed by atoms with Crippen molar-refractivity contribution in [1.82, 2.24) is 19.4 Å². The highest BCUT2D eigenvalue weighted by molar-refractivity contribution is 7.85. The number of anilines is 4. The van der Waals surface area contributed by atoms with E-state index in [2.05, 4.69) is 82.6 Å². The second kappa shape index (κ2) is 14.0. The summed E-state index contributed by atoms with van der Waals surface area (Å²) in [6, 6.07) is 14.2. The van der Waals surface area contributed by atoms with E-state index in [4.69, 9.17) is 14.3 Å². The molecule has 0 aliphatic carbocycles. The molecule has 2 aromatic carbocycles. The number of likely N-dealkylation sites (N-methyl/N-ethyl adjacent to an activating group) is 2. The third kappa shape index (κ3) is 8.80. The van der Waals surface area contributed by atoms with Gasteiger partial charge >= 0.3 is 0 Å². The van der Waals surface area contributed by atoms with Gasteiger partial charge in [0.1, 0.15) is 5.75 Å². The van der Waals surface area contributed by atoms with E-state index >= 15 is 0 Å². The summed E-state index contributed by atoms with van der Waals surface area (Å²) >= 11 is 0. The molecule has 0 aliphatic rings. The van der Waals surface area contributed by atoms with Crippen molar-refractivity contribution in [2.45, 2.75) is 0 Å². The first kappa shape index (κ1) is 32.1. The zero-order valence-corrected chi connectivity index (χ0v) is 25.7. The Kier molecular flexibility index (Phi) is 10.7. The molecule has 42 heavy (non-hydrogen) atoms. The molecule has 3 N–H and O–H groups in total. The van der Waals surface area contributed by atoms with Gasteiger partial charge in [0, 0.05) is 67.8 Å². The molecule has 0 saturated heterocycles. The highest BCUT2D eigenvalue weighted by Gasteiger charge is 2.16. The molecular formula is C30H39N7O4S. The van der Waals surface area contributed by atoms with Gasteiger partial charge in [0.25, 0.3) is 10.1 Å². The van der Waals surface area contributed by atoms with Gasteiger partial charge in [0.15, 0.2) is 0 Å². The highest BCUT2D eigenvalue weighted by Crippen LogP contribution is 2.38. The molecule has 0 fully saturated rings. The van der Waals surface area contributed by atoms with E-state index in [9.17, 15) is 8.42 Å². The molecule has 4 rings (SSSR count). The molecule has 12 heteroatoms. The van der Waals surface area contributed by atoms with Crippen molar-refractivity contribution in [3.63, 3.8) is 0 Å². The first-order valence-electron chi connectivity index (χ1n) is 13.0. The number of para-hydroxylation sites is 1. The number of nitrogens with one attached hydrogen (secondary N) is 2. The van der Waals surface area contributed by atoms with E-state index in [0.717, 1.165) is 52.3 Å². The molecule has 0 unspecified atom stereocenters. The number of nitrogens with zero attached hydrogens (tertiary/aromatic N) is 5. The van der Waals surface area contributed by atoms with E-state index in [0.29, 0.717) is 23.7 Å². The zero-order chi connectivity index (χ0) is 31.0. The Bertz CT molecular complexity index is 1660. The molecule has 11 nitrogen and oxygen atoms in total. The van der Waals surface area contributed by atoms with E-state index < -0.39 is 10.1 Å². The average Bonchev–Trinajstić information content (AvgIpc) is 3.27. The summed E-state index contributed by atoms with van der Waals surface area (Å²) < 4.78 is 33.7. The summed E-state index contributed by atoms with van der Waals surface area (Å²) in [5.74, 6) is 1.16. The molecule has 0 atom stereocenters. The monoisotopic (exact) mass is 593 g/mol. The van der Waals surface area contributed by atoms with Crippen LogP contribution in [0.25, 0.3) is 22.2 Å². The van der Waals surface area contributed by atoms with Crippen LogP contribution in [-0.2, 0) is 17.2 Å². The van der Waals surface area contributed by atoms with Gasteiger partial charge in [-0.2, -0.15) is 8.42 Å². The molecule has 2 aromatic heterocycles. The van der Waals surface area contributed by atoms with Crippen LogP contribution in [0.5, 0.6) is 5.75 Å². The minimum absolute atomic E-state index is 0.478. The van der Waals surface area contributed by atoms with Gasteiger partial charge in [-0.05, 0) is 38.4 Å². The van der Waals surface area contributed by atoms with E-state index in [1.807, 2.05) is 37.4 Å². The van der Waals surface area contributed by atoms with Gasteiger partial charge in [0.05, 0.1) is 36.1 Å². The van der Waals surface area contributed by atoms with Crippen molar-refractivity contribution in [3.05, 3.63) is 79.8 Å². The predicted octanol–water partition coefficient (Wildman–Crippen LogP) is 5.00. The Labute approximate surface area is 247 Å². The van der Waals surface area contributed by atoms with Crippen LogP contribution >= 0.6 is 0 Å². The van der Waals surface area contributed by atoms with E-state index in [1.165, 1.54) is 0 Å². The summed E-state index contributed by atoms with van der Waals surface area (Å²) in [7, 11) is 6.22. The highest BCUT2D eigenvalue weighted by atomic mass is 32.2. The average molecular weight is 594 g/mol. The predicted molar refractivity (Wildman–Crippen MR) is 172 cm³/mol. The summed E-state index contributed by atoms with van der Waals surface area (Å²) in [6.45, 7) is 9.62. The summed E-state index contributed by atoms with van der Waals surface area (Å²) in [5.41, 5.74) is 6.34. The van der Waals surface area contributed by atoms with Crippen LogP contribution in [0.3, 0.4) is 0 Å². The molecule has 224 valence electrons. The summed E-state index contributed by atoms with van der Waals surface area (Å²) in [5, 5.41) is 7.86. The van der Waals surface area contributed by atoms with Crippen molar-refractivity contribution in [1.29, 1.82) is 0 Å². The number of rotatable bonds is 11. The van der Waals surface area contributed by atoms with Gasteiger partial charge in [0.2, 0.25) is 5.95 Å². The van der Waals surface area contributed by atoms with Gasteiger partial charge < -0.3 is 29.7 Å². The fourth-order valence-electron chi connectivity index (χ4n) is 4.18. The lowest BCUT2D eigenvalue weighted by atomic mass is 10.1. The Hall–Kier alpha value is -4.39. The van der Waals surface area contributed by atoms with Crippen molar-refractivity contribution in [2.75, 3.05) is 63.1 Å². The minimum atomic E-state index is -3.67. The molecule has 2 heterocycles. The summed E-state index contributed by atoms with van der Waals surface area (Å²) in [6.07, 6.45) is 6.27. The number of allylic oxidation sites excluding steroid dienone is 1. The van der Waals surface area contributed by atoms with Gasteiger partial charge in [-0.1, -0.05) is 31.4 Å². The number of aryl methyl sites for hydroxylation is 1. The molecule has 0 saturated carbocycles. The number of fused-ring (bicyclic) bond motifs is 1. The summed E-state index contributed by atoms with van der Waals surface area (Å²) in [4.78, 5) is 13.6. The van der Waals surface area contributed by atoms with Gasteiger partial charge in [-0.25, -0.2) is 9.97 Å². The van der Waals surface area contributed by atoms with Crippen LogP contribution in [0, 0.1) is 0 Å². The minimum Gasteiger partial charge on any atom is -0.494 e. The Morgan fingerprint density at radius 2 is 1.83 bits per heavy atom. The smallest absolute Gasteiger partial charge is 0.261 e. The maximum absolute atomic E-state index is 9.19. The first-order chi connectivity index (χ1) is 19.8. The first-order valence-corrected chi connectivity index (χ1v) is 14.9. The third-order valence-corrected chi connectivity index (χ3v) is 6.23. The van der Waals surface area contributed by atoms with E-state index in [-0.39, 0.29) is 0 Å². The number of hydrogen-bond acceptors (Lipinski definition) is 9. The normalized spacial score (nSPS) is 11.0. The van der Waals surface area contributed by atoms with Crippen LogP contribution in [0.4, 0.5) is 23.0 Å². The number of benzene rings is 2. The lowest BCUT2D eigenvalue weighted by Gasteiger charge is -2.26. The largest absolute Gasteiger partial charge is 0.494 e. The van der Waals surface area contributed by atoms with Crippen LogP contribution in [0.1, 0.15) is 0 Å². The van der Waals surface area contributed by atoms with Crippen LogP contribution < -0.4 is 20.3 Å². The molecule has 0 amide bonds. The number of ether oxygens (including phenoxy) is 1. The molecular weight excluding hydrogens is 554 g/mol. The maximum Gasteiger partial charge on any atom is 0.261 e. The molecule has 0 radical (unpaired) electrons. The fraction of sp³-hybridized carbons (Fsp3) is 0.267. The standard InChI is InChI=1S/C29H35N7O.CH4O3S/c1-8-20(2)31-24-17-25(28(37-7)18-27(24)35(5)16-15-34(3)4)33-29-30-14-13-23(32-29)22-19-36(6)26-12-10-9-11-21(22)26;1-5(2,3)4/h8-14,17-19,31H,1-2,15-16H2,3-7H3,(H,30,32,33);1H3,(H,2,3,4). The second-order valence-corrected chi connectivity index (χ2v) is 11.4. The van der Waals surface area contributed by atoms with Crippen LogP contribution in [-0.4, -0.2) is 80.0 Å². The van der Waals surface area contributed by atoms with Gasteiger partial charge in [-0.3, -0.25) is 4.55 Å². The SMILES string of the molecule is C=CC(=C)Nc1cc(Nc2nccc(-c3cn(C)c4ccccc34)n2)c(OC)cc1N(C)CCN(C)C.CS(=O)(=O)O. The Morgan fingerprint density at radius 1 is 1.14 bits per heavy atom. The maximum atomic E-state index is 9.19. The van der Waals surface area contributed by atoms with Crippen molar-refractivity contribution >= 4 is 44.0 Å². The zero-order valence-electron chi connectivity index (χ0n) is 24.9. The van der Waals surface area contributed by atoms with Crippen LogP contribution in [0.2, 0.25) is 0 Å². The number of hydrogen-bond donors (Lipinski definition) is 3. The van der Waals surface area contributed by atoms with E-state index in [1.54, 1.807) is 19.4 Å². The van der Waals surface area contributed by atoms with Crippen molar-refractivity contribution in [2.24, 2.45) is 7.05 Å². The third-order valence-electron chi connectivity index (χ3n) is 6.23. The van der Waals surface area contributed by atoms with Crippen molar-refractivity contribution in [3.8, 4) is 17.0 Å². The number of methoxy groups -OCH3 is 1.